The normalized spacial score (nSPS) is 15.2. The summed E-state index contributed by atoms with van der Waals surface area (Å²) >= 11 is 3.06. The summed E-state index contributed by atoms with van der Waals surface area (Å²) < 4.78 is 39.9. The summed E-state index contributed by atoms with van der Waals surface area (Å²) in [7, 11) is 0. The summed E-state index contributed by atoms with van der Waals surface area (Å²) in [6.07, 6.45) is -2.50. The predicted molar refractivity (Wildman–Crippen MR) is 76.6 cm³/mol. The minimum atomic E-state index is -4.48. The van der Waals surface area contributed by atoms with Crippen LogP contribution in [0.2, 0.25) is 0 Å². The largest absolute Gasteiger partial charge is 0.417 e. The van der Waals surface area contributed by atoms with Crippen LogP contribution in [0.15, 0.2) is 28.7 Å². The second-order valence-corrected chi connectivity index (χ2v) is 5.92. The molecule has 0 spiro atoms. The standard InChI is InChI=1S/C14H11BrF3N3/c15-8-3-4-9(10(5-8)14(16,17)18)13-20-11(7-1-2-7)6-12(19)21-13/h3-7H,1-2H2,(H2,19,20,21). The summed E-state index contributed by atoms with van der Waals surface area (Å²) in [4.78, 5) is 8.23. The lowest BCUT2D eigenvalue weighted by atomic mass is 10.1. The van der Waals surface area contributed by atoms with Crippen LogP contribution in [-0.2, 0) is 6.18 Å². The van der Waals surface area contributed by atoms with Crippen molar-refractivity contribution < 1.29 is 13.2 Å². The molecule has 2 N–H and O–H groups in total. The van der Waals surface area contributed by atoms with Crippen LogP contribution in [0.3, 0.4) is 0 Å². The van der Waals surface area contributed by atoms with Crippen LogP contribution in [0.5, 0.6) is 0 Å². The average molecular weight is 358 g/mol. The van der Waals surface area contributed by atoms with E-state index >= 15 is 0 Å². The number of nitrogen functional groups attached to an aromatic ring is 1. The fourth-order valence-corrected chi connectivity index (χ4v) is 2.50. The van der Waals surface area contributed by atoms with Gasteiger partial charge in [-0.05, 0) is 31.0 Å². The van der Waals surface area contributed by atoms with Crippen LogP contribution in [0, 0.1) is 0 Å². The first-order chi connectivity index (χ1) is 9.84. The van der Waals surface area contributed by atoms with Crippen molar-refractivity contribution in [2.24, 2.45) is 0 Å². The fraction of sp³-hybridized carbons (Fsp3) is 0.286. The van der Waals surface area contributed by atoms with E-state index in [4.69, 9.17) is 5.73 Å². The molecule has 1 aromatic heterocycles. The van der Waals surface area contributed by atoms with E-state index in [1.807, 2.05) is 0 Å². The first-order valence-electron chi connectivity index (χ1n) is 6.36. The summed E-state index contributed by atoms with van der Waals surface area (Å²) in [6, 6.07) is 5.55. The van der Waals surface area contributed by atoms with Crippen LogP contribution in [0.25, 0.3) is 11.4 Å². The minimum absolute atomic E-state index is 0.0247. The molecule has 1 fully saturated rings. The Bertz CT molecular complexity index is 696. The molecule has 1 heterocycles. The van der Waals surface area contributed by atoms with Gasteiger partial charge in [-0.15, -0.1) is 0 Å². The van der Waals surface area contributed by atoms with Gasteiger partial charge in [0.25, 0.3) is 0 Å². The molecule has 0 saturated heterocycles. The zero-order valence-corrected chi connectivity index (χ0v) is 12.4. The molecule has 1 aliphatic carbocycles. The number of rotatable bonds is 2. The molecular weight excluding hydrogens is 347 g/mol. The maximum atomic E-state index is 13.2. The molecule has 1 aromatic carbocycles. The Labute approximate surface area is 127 Å². The van der Waals surface area contributed by atoms with Crippen molar-refractivity contribution in [1.82, 2.24) is 9.97 Å². The van der Waals surface area contributed by atoms with E-state index in [1.165, 1.54) is 12.1 Å². The number of aromatic nitrogens is 2. The topological polar surface area (TPSA) is 51.8 Å². The lowest BCUT2D eigenvalue weighted by Gasteiger charge is -2.13. The predicted octanol–water partition coefficient (Wildman–Crippen LogP) is 4.38. The van der Waals surface area contributed by atoms with E-state index in [0.717, 1.165) is 18.9 Å². The van der Waals surface area contributed by atoms with Gasteiger partial charge in [-0.2, -0.15) is 13.2 Å². The van der Waals surface area contributed by atoms with E-state index in [-0.39, 0.29) is 17.2 Å². The number of nitrogens with two attached hydrogens (primary N) is 1. The number of alkyl halides is 3. The molecule has 21 heavy (non-hydrogen) atoms. The van der Waals surface area contributed by atoms with Crippen molar-refractivity contribution in [1.29, 1.82) is 0 Å². The van der Waals surface area contributed by atoms with E-state index < -0.39 is 11.7 Å². The molecule has 3 rings (SSSR count). The molecule has 0 radical (unpaired) electrons. The monoisotopic (exact) mass is 357 g/mol. The highest BCUT2D eigenvalue weighted by molar-refractivity contribution is 9.10. The maximum Gasteiger partial charge on any atom is 0.417 e. The second kappa shape index (κ2) is 4.98. The van der Waals surface area contributed by atoms with E-state index in [9.17, 15) is 13.2 Å². The highest BCUT2D eigenvalue weighted by Crippen LogP contribution is 2.41. The first kappa shape index (κ1) is 14.3. The molecule has 7 heteroatoms. The Morgan fingerprint density at radius 3 is 2.48 bits per heavy atom. The summed E-state index contributed by atoms with van der Waals surface area (Å²) in [5.41, 5.74) is 5.60. The van der Waals surface area contributed by atoms with Gasteiger partial charge in [0, 0.05) is 27.7 Å². The summed E-state index contributed by atoms with van der Waals surface area (Å²) in [5.74, 6) is 0.508. The molecule has 0 unspecified atom stereocenters. The second-order valence-electron chi connectivity index (χ2n) is 5.00. The molecular formula is C14H11BrF3N3. The van der Waals surface area contributed by atoms with E-state index in [1.54, 1.807) is 6.07 Å². The van der Waals surface area contributed by atoms with Crippen molar-refractivity contribution in [3.63, 3.8) is 0 Å². The molecule has 0 atom stereocenters. The van der Waals surface area contributed by atoms with Crippen molar-refractivity contribution in [2.45, 2.75) is 24.9 Å². The number of hydrogen-bond donors (Lipinski definition) is 1. The molecule has 110 valence electrons. The quantitative estimate of drug-likeness (QED) is 0.867. The third kappa shape index (κ3) is 3.02. The third-order valence-corrected chi connectivity index (χ3v) is 3.78. The number of halogens is 4. The zero-order chi connectivity index (χ0) is 15.2. The van der Waals surface area contributed by atoms with Crippen molar-refractivity contribution in [2.75, 3.05) is 5.73 Å². The number of benzene rings is 1. The Morgan fingerprint density at radius 2 is 1.86 bits per heavy atom. The Hall–Kier alpha value is -1.63. The van der Waals surface area contributed by atoms with Gasteiger partial charge in [-0.1, -0.05) is 15.9 Å². The molecule has 1 aliphatic rings. The number of hydrogen-bond acceptors (Lipinski definition) is 3. The van der Waals surface area contributed by atoms with Crippen molar-refractivity contribution in [3.8, 4) is 11.4 Å². The SMILES string of the molecule is Nc1cc(C2CC2)nc(-c2ccc(Br)cc2C(F)(F)F)n1. The summed E-state index contributed by atoms with van der Waals surface area (Å²) in [6.45, 7) is 0. The maximum absolute atomic E-state index is 13.2. The molecule has 0 aliphatic heterocycles. The van der Waals surface area contributed by atoms with E-state index in [0.29, 0.717) is 16.1 Å². The lowest BCUT2D eigenvalue weighted by Crippen LogP contribution is -2.09. The molecule has 3 nitrogen and oxygen atoms in total. The van der Waals surface area contributed by atoms with Crippen LogP contribution in [0.4, 0.5) is 19.0 Å². The fourth-order valence-electron chi connectivity index (χ4n) is 2.14. The highest BCUT2D eigenvalue weighted by Gasteiger charge is 2.35. The van der Waals surface area contributed by atoms with Gasteiger partial charge in [0.05, 0.1) is 5.56 Å². The molecule has 0 amide bonds. The van der Waals surface area contributed by atoms with Gasteiger partial charge < -0.3 is 5.73 Å². The molecule has 0 bridgehead atoms. The van der Waals surface area contributed by atoms with Gasteiger partial charge in [0.15, 0.2) is 5.82 Å². The van der Waals surface area contributed by atoms with Crippen LogP contribution in [-0.4, -0.2) is 9.97 Å². The molecule has 2 aromatic rings. The number of anilines is 1. The van der Waals surface area contributed by atoms with Gasteiger partial charge in [0.2, 0.25) is 0 Å². The van der Waals surface area contributed by atoms with Gasteiger partial charge in [-0.3, -0.25) is 0 Å². The Balaban J connectivity index is 2.16. The van der Waals surface area contributed by atoms with Crippen LogP contribution < -0.4 is 5.73 Å². The Kier molecular flexibility index (Phi) is 3.39. The lowest BCUT2D eigenvalue weighted by molar-refractivity contribution is -0.137. The Morgan fingerprint density at radius 1 is 1.14 bits per heavy atom. The highest BCUT2D eigenvalue weighted by atomic mass is 79.9. The van der Waals surface area contributed by atoms with E-state index in [2.05, 4.69) is 25.9 Å². The smallest absolute Gasteiger partial charge is 0.384 e. The first-order valence-corrected chi connectivity index (χ1v) is 7.15. The third-order valence-electron chi connectivity index (χ3n) is 3.29. The van der Waals surface area contributed by atoms with Crippen LogP contribution >= 0.6 is 15.9 Å². The van der Waals surface area contributed by atoms with Gasteiger partial charge in [0.1, 0.15) is 5.82 Å². The van der Waals surface area contributed by atoms with Crippen molar-refractivity contribution in [3.05, 3.63) is 40.0 Å². The zero-order valence-electron chi connectivity index (χ0n) is 10.8. The van der Waals surface area contributed by atoms with Gasteiger partial charge in [-0.25, -0.2) is 9.97 Å². The van der Waals surface area contributed by atoms with Gasteiger partial charge >= 0.3 is 6.18 Å². The number of nitrogens with zero attached hydrogens (tertiary/aromatic N) is 2. The minimum Gasteiger partial charge on any atom is -0.384 e. The summed E-state index contributed by atoms with van der Waals surface area (Å²) in [5, 5.41) is 0. The van der Waals surface area contributed by atoms with Crippen LogP contribution in [0.1, 0.15) is 30.0 Å². The van der Waals surface area contributed by atoms with Crippen molar-refractivity contribution >= 4 is 21.7 Å². The molecule has 1 saturated carbocycles. The average Bonchev–Trinajstić information content (AvgIpc) is 3.21.